The van der Waals surface area contributed by atoms with Crippen LogP contribution < -0.4 is 5.73 Å². The summed E-state index contributed by atoms with van der Waals surface area (Å²) in [5.41, 5.74) is 5.70. The highest BCUT2D eigenvalue weighted by molar-refractivity contribution is 7.99. The van der Waals surface area contributed by atoms with Crippen LogP contribution in [0.5, 0.6) is 0 Å². The topological polar surface area (TPSA) is 35.2 Å². The number of nitrogens with two attached hydrogens (primary N) is 1. The summed E-state index contributed by atoms with van der Waals surface area (Å²) >= 11 is 2.06. The molecule has 1 rings (SSSR count). The Balaban J connectivity index is 2.29. The van der Waals surface area contributed by atoms with Crippen LogP contribution in [0.15, 0.2) is 0 Å². The molecule has 0 aromatic rings. The molecular formula is C9H19NOS. The zero-order valence-corrected chi connectivity index (χ0v) is 8.61. The van der Waals surface area contributed by atoms with E-state index in [-0.39, 0.29) is 0 Å². The first kappa shape index (κ1) is 10.4. The van der Waals surface area contributed by atoms with Crippen molar-refractivity contribution in [2.75, 3.05) is 31.8 Å². The van der Waals surface area contributed by atoms with E-state index in [1.54, 1.807) is 7.11 Å². The molecule has 1 aliphatic rings. The molecule has 0 aliphatic carbocycles. The van der Waals surface area contributed by atoms with Crippen LogP contribution in [0.4, 0.5) is 0 Å². The first-order chi connectivity index (χ1) is 5.88. The summed E-state index contributed by atoms with van der Waals surface area (Å²) in [6, 6.07) is 0. The molecule has 1 aliphatic heterocycles. The van der Waals surface area contributed by atoms with Gasteiger partial charge < -0.3 is 10.5 Å². The molecule has 0 amide bonds. The summed E-state index contributed by atoms with van der Waals surface area (Å²) in [5.74, 6) is 4.03. The first-order valence-electron chi connectivity index (χ1n) is 4.65. The Morgan fingerprint density at radius 3 is 2.67 bits per heavy atom. The van der Waals surface area contributed by atoms with Gasteiger partial charge in [0.2, 0.25) is 0 Å². The van der Waals surface area contributed by atoms with Crippen molar-refractivity contribution >= 4 is 11.8 Å². The number of hydrogen-bond donors (Lipinski definition) is 1. The molecule has 0 aromatic heterocycles. The zero-order valence-electron chi connectivity index (χ0n) is 7.79. The van der Waals surface area contributed by atoms with Gasteiger partial charge in [-0.05, 0) is 42.7 Å². The Morgan fingerprint density at radius 2 is 2.17 bits per heavy atom. The minimum absolute atomic E-state index is 0.593. The molecule has 1 fully saturated rings. The van der Waals surface area contributed by atoms with Crippen LogP contribution in [0, 0.1) is 11.8 Å². The summed E-state index contributed by atoms with van der Waals surface area (Å²) in [4.78, 5) is 0. The van der Waals surface area contributed by atoms with Gasteiger partial charge in [-0.15, -0.1) is 0 Å². The van der Waals surface area contributed by atoms with E-state index in [1.807, 2.05) is 0 Å². The highest BCUT2D eigenvalue weighted by Gasteiger charge is 2.22. The van der Waals surface area contributed by atoms with Gasteiger partial charge in [0.25, 0.3) is 0 Å². The summed E-state index contributed by atoms with van der Waals surface area (Å²) < 4.78 is 5.16. The Bertz CT molecular complexity index is 112. The molecule has 0 saturated carbocycles. The molecule has 1 atom stereocenters. The van der Waals surface area contributed by atoms with Crippen LogP contribution >= 0.6 is 11.8 Å². The minimum atomic E-state index is 0.593. The molecule has 2 nitrogen and oxygen atoms in total. The van der Waals surface area contributed by atoms with Crippen molar-refractivity contribution in [3.63, 3.8) is 0 Å². The molecule has 12 heavy (non-hydrogen) atoms. The molecule has 1 saturated heterocycles. The molecule has 0 spiro atoms. The molecule has 72 valence electrons. The predicted molar refractivity (Wildman–Crippen MR) is 54.5 cm³/mol. The lowest BCUT2D eigenvalue weighted by atomic mass is 9.88. The molecule has 1 unspecified atom stereocenters. The SMILES string of the molecule is COCC(CN)C1CCSCC1. The van der Waals surface area contributed by atoms with Gasteiger partial charge in [0.05, 0.1) is 6.61 Å². The molecule has 3 heteroatoms. The van der Waals surface area contributed by atoms with Crippen molar-refractivity contribution in [2.24, 2.45) is 17.6 Å². The highest BCUT2D eigenvalue weighted by Crippen LogP contribution is 2.28. The second kappa shape index (κ2) is 5.84. The molecule has 0 radical (unpaired) electrons. The first-order valence-corrected chi connectivity index (χ1v) is 5.80. The van der Waals surface area contributed by atoms with E-state index in [2.05, 4.69) is 11.8 Å². The van der Waals surface area contributed by atoms with Gasteiger partial charge in [0.15, 0.2) is 0 Å². The van der Waals surface area contributed by atoms with E-state index < -0.39 is 0 Å². The third-order valence-electron chi connectivity index (χ3n) is 2.62. The van der Waals surface area contributed by atoms with Crippen LogP contribution in [0.2, 0.25) is 0 Å². The van der Waals surface area contributed by atoms with Crippen LogP contribution in [0.3, 0.4) is 0 Å². The van der Waals surface area contributed by atoms with Crippen molar-refractivity contribution in [1.29, 1.82) is 0 Å². The normalized spacial score (nSPS) is 22.5. The van der Waals surface area contributed by atoms with Crippen molar-refractivity contribution in [3.8, 4) is 0 Å². The standard InChI is InChI=1S/C9H19NOS/c1-11-7-9(6-10)8-2-4-12-5-3-8/h8-9H,2-7,10H2,1H3. The number of thioether (sulfide) groups is 1. The van der Waals surface area contributed by atoms with Gasteiger partial charge in [0, 0.05) is 7.11 Å². The summed E-state index contributed by atoms with van der Waals surface area (Å²) in [6.07, 6.45) is 2.66. The van der Waals surface area contributed by atoms with Gasteiger partial charge in [0.1, 0.15) is 0 Å². The summed E-state index contributed by atoms with van der Waals surface area (Å²) in [7, 11) is 1.76. The van der Waals surface area contributed by atoms with Gasteiger partial charge in [-0.2, -0.15) is 11.8 Å². The Labute approximate surface area is 79.2 Å². The second-order valence-corrected chi connectivity index (χ2v) is 4.63. The fourth-order valence-electron chi connectivity index (χ4n) is 1.80. The largest absolute Gasteiger partial charge is 0.384 e. The summed E-state index contributed by atoms with van der Waals surface area (Å²) in [6.45, 7) is 1.62. The van der Waals surface area contributed by atoms with Crippen LogP contribution in [0.25, 0.3) is 0 Å². The molecular weight excluding hydrogens is 170 g/mol. The lowest BCUT2D eigenvalue weighted by Gasteiger charge is -2.28. The van der Waals surface area contributed by atoms with Crippen LogP contribution in [0.1, 0.15) is 12.8 Å². The third kappa shape index (κ3) is 2.96. The number of hydrogen-bond acceptors (Lipinski definition) is 3. The van der Waals surface area contributed by atoms with Crippen molar-refractivity contribution in [3.05, 3.63) is 0 Å². The van der Waals surface area contributed by atoms with Crippen LogP contribution in [-0.4, -0.2) is 31.8 Å². The van der Waals surface area contributed by atoms with E-state index >= 15 is 0 Å². The minimum Gasteiger partial charge on any atom is -0.384 e. The van der Waals surface area contributed by atoms with Gasteiger partial charge in [-0.3, -0.25) is 0 Å². The van der Waals surface area contributed by atoms with E-state index in [0.717, 1.165) is 19.1 Å². The number of methoxy groups -OCH3 is 1. The monoisotopic (exact) mass is 189 g/mol. The second-order valence-electron chi connectivity index (χ2n) is 3.40. The fourth-order valence-corrected chi connectivity index (χ4v) is 2.94. The smallest absolute Gasteiger partial charge is 0.0505 e. The number of rotatable bonds is 4. The molecule has 0 bridgehead atoms. The maximum Gasteiger partial charge on any atom is 0.0505 e. The Kier molecular flexibility index (Phi) is 5.04. The van der Waals surface area contributed by atoms with Crippen molar-refractivity contribution < 1.29 is 4.74 Å². The highest BCUT2D eigenvalue weighted by atomic mass is 32.2. The lowest BCUT2D eigenvalue weighted by molar-refractivity contribution is 0.120. The van der Waals surface area contributed by atoms with Gasteiger partial charge in [-0.25, -0.2) is 0 Å². The Hall–Kier alpha value is 0.270. The quantitative estimate of drug-likeness (QED) is 0.725. The average Bonchev–Trinajstić information content (AvgIpc) is 2.15. The third-order valence-corrected chi connectivity index (χ3v) is 3.66. The van der Waals surface area contributed by atoms with Gasteiger partial charge in [-0.1, -0.05) is 0 Å². The molecule has 0 aromatic carbocycles. The number of ether oxygens (including phenoxy) is 1. The van der Waals surface area contributed by atoms with Gasteiger partial charge >= 0.3 is 0 Å². The summed E-state index contributed by atoms with van der Waals surface area (Å²) in [5, 5.41) is 0. The van der Waals surface area contributed by atoms with Crippen LogP contribution in [-0.2, 0) is 4.74 Å². The Morgan fingerprint density at radius 1 is 1.50 bits per heavy atom. The average molecular weight is 189 g/mol. The zero-order chi connectivity index (χ0) is 8.81. The van der Waals surface area contributed by atoms with E-state index in [4.69, 9.17) is 10.5 Å². The van der Waals surface area contributed by atoms with E-state index in [0.29, 0.717) is 5.92 Å². The van der Waals surface area contributed by atoms with E-state index in [1.165, 1.54) is 24.3 Å². The molecule has 2 N–H and O–H groups in total. The fraction of sp³-hybridized carbons (Fsp3) is 1.00. The maximum atomic E-state index is 5.70. The van der Waals surface area contributed by atoms with Crippen molar-refractivity contribution in [2.45, 2.75) is 12.8 Å². The predicted octanol–water partition coefficient (Wildman–Crippen LogP) is 1.35. The lowest BCUT2D eigenvalue weighted by Crippen LogP contribution is -2.30. The van der Waals surface area contributed by atoms with Crippen molar-refractivity contribution in [1.82, 2.24) is 0 Å². The maximum absolute atomic E-state index is 5.70. The van der Waals surface area contributed by atoms with E-state index in [9.17, 15) is 0 Å². The molecule has 1 heterocycles.